The first-order chi connectivity index (χ1) is 9.81. The summed E-state index contributed by atoms with van der Waals surface area (Å²) in [5, 5.41) is 1.46. The fraction of sp³-hybridized carbons (Fsp3) is 0.125. The summed E-state index contributed by atoms with van der Waals surface area (Å²) in [4.78, 5) is 11.2. The predicted molar refractivity (Wildman–Crippen MR) is 80.5 cm³/mol. The molecule has 3 rings (SSSR count). The number of hydrogen-bond acceptors (Lipinski definition) is 2. The zero-order chi connectivity index (χ0) is 13.8. The number of rotatable bonds is 2. The molecule has 0 atom stereocenters. The molecule has 0 aliphatic rings. The molecule has 2 heterocycles. The third-order valence-electron chi connectivity index (χ3n) is 2.95. The van der Waals surface area contributed by atoms with Crippen molar-refractivity contribution in [2.24, 2.45) is 0 Å². The van der Waals surface area contributed by atoms with Crippen LogP contribution < -0.4 is 0 Å². The summed E-state index contributed by atoms with van der Waals surface area (Å²) in [6.07, 6.45) is 3.27. The number of aromatic nitrogens is 3. The highest BCUT2D eigenvalue weighted by atomic mass is 35.5. The number of halogens is 1. The molecule has 0 spiro atoms. The van der Waals surface area contributed by atoms with Gasteiger partial charge in [0.15, 0.2) is 0 Å². The number of para-hydroxylation sites is 1. The molecule has 0 saturated heterocycles. The van der Waals surface area contributed by atoms with Crippen molar-refractivity contribution in [2.45, 2.75) is 12.8 Å². The Kier molecular flexibility index (Phi) is 3.67. The summed E-state index contributed by atoms with van der Waals surface area (Å²) in [5.74, 6) is 6.09. The first-order valence-electron chi connectivity index (χ1n) is 6.35. The zero-order valence-electron chi connectivity index (χ0n) is 10.7. The van der Waals surface area contributed by atoms with Gasteiger partial charge in [-0.3, -0.25) is 0 Å². The van der Waals surface area contributed by atoms with E-state index in [0.29, 0.717) is 5.69 Å². The fourth-order valence-corrected chi connectivity index (χ4v) is 2.17. The Balaban J connectivity index is 1.65. The second-order valence-corrected chi connectivity index (χ2v) is 4.73. The maximum Gasteiger partial charge on any atom is 0.223 e. The second-order valence-electron chi connectivity index (χ2n) is 4.39. The Morgan fingerprint density at radius 2 is 2.10 bits per heavy atom. The van der Waals surface area contributed by atoms with Crippen molar-refractivity contribution in [3.8, 4) is 11.8 Å². The average molecular weight is 282 g/mol. The Morgan fingerprint density at radius 1 is 1.20 bits per heavy atom. The van der Waals surface area contributed by atoms with Crippen molar-refractivity contribution in [1.82, 2.24) is 15.0 Å². The van der Waals surface area contributed by atoms with Crippen molar-refractivity contribution in [3.63, 3.8) is 0 Å². The normalized spacial score (nSPS) is 10.2. The van der Waals surface area contributed by atoms with Gasteiger partial charge in [-0.1, -0.05) is 24.1 Å². The van der Waals surface area contributed by atoms with E-state index in [9.17, 15) is 0 Å². The highest BCUT2D eigenvalue weighted by Crippen LogP contribution is 2.15. The molecule has 3 nitrogen and oxygen atoms in total. The van der Waals surface area contributed by atoms with E-state index < -0.39 is 0 Å². The van der Waals surface area contributed by atoms with Gasteiger partial charge in [-0.15, -0.1) is 0 Å². The van der Waals surface area contributed by atoms with E-state index in [1.807, 2.05) is 12.1 Å². The minimum atomic E-state index is 0.229. The molecule has 98 valence electrons. The van der Waals surface area contributed by atoms with Gasteiger partial charge in [0, 0.05) is 23.8 Å². The van der Waals surface area contributed by atoms with Crippen LogP contribution in [0.1, 0.15) is 17.8 Å². The van der Waals surface area contributed by atoms with E-state index in [1.54, 1.807) is 12.3 Å². The molecule has 1 N–H and O–H groups in total. The van der Waals surface area contributed by atoms with Crippen molar-refractivity contribution >= 4 is 22.5 Å². The van der Waals surface area contributed by atoms with Crippen LogP contribution in [-0.2, 0) is 6.42 Å². The largest absolute Gasteiger partial charge is 0.358 e. The molecule has 4 heteroatoms. The van der Waals surface area contributed by atoms with E-state index >= 15 is 0 Å². The van der Waals surface area contributed by atoms with Gasteiger partial charge < -0.3 is 4.98 Å². The number of H-pyrrole nitrogens is 1. The molecule has 3 aromatic rings. The molecule has 2 aromatic heterocycles. The SMILES string of the molecule is Clc1nccc(C#CCCc2cc3ccccc3[nH]2)n1. The molecule has 20 heavy (non-hydrogen) atoms. The number of aryl methyl sites for hydroxylation is 1. The van der Waals surface area contributed by atoms with E-state index in [2.05, 4.69) is 45.0 Å². The molecule has 0 radical (unpaired) electrons. The van der Waals surface area contributed by atoms with Crippen LogP contribution in [0.25, 0.3) is 10.9 Å². The summed E-state index contributed by atoms with van der Waals surface area (Å²) in [5.41, 5.74) is 3.01. The highest BCUT2D eigenvalue weighted by Gasteiger charge is 1.98. The smallest absolute Gasteiger partial charge is 0.223 e. The second kappa shape index (κ2) is 5.77. The standard InChI is InChI=1S/C16H12ClN3/c17-16-18-10-9-13(20-16)6-2-3-7-14-11-12-5-1-4-8-15(12)19-14/h1,4-5,8-11,19H,3,7H2. The summed E-state index contributed by atoms with van der Waals surface area (Å²) in [7, 11) is 0. The van der Waals surface area contributed by atoms with Gasteiger partial charge in [0.1, 0.15) is 5.69 Å². The Labute approximate surface area is 122 Å². The first kappa shape index (κ1) is 12.7. The third-order valence-corrected chi connectivity index (χ3v) is 3.13. The van der Waals surface area contributed by atoms with Crippen molar-refractivity contribution < 1.29 is 0 Å². The number of nitrogens with one attached hydrogen (secondary N) is 1. The highest BCUT2D eigenvalue weighted by molar-refractivity contribution is 6.28. The lowest BCUT2D eigenvalue weighted by Crippen LogP contribution is -1.86. The van der Waals surface area contributed by atoms with Crippen LogP contribution in [0.4, 0.5) is 0 Å². The van der Waals surface area contributed by atoms with E-state index in [-0.39, 0.29) is 5.28 Å². The molecule has 1 aromatic carbocycles. The maximum atomic E-state index is 5.70. The van der Waals surface area contributed by atoms with Crippen LogP contribution in [-0.4, -0.2) is 15.0 Å². The molecule has 0 saturated carbocycles. The van der Waals surface area contributed by atoms with Gasteiger partial charge in [0.25, 0.3) is 0 Å². The summed E-state index contributed by atoms with van der Waals surface area (Å²) < 4.78 is 0. The number of nitrogens with zero attached hydrogens (tertiary/aromatic N) is 2. The van der Waals surface area contributed by atoms with Crippen molar-refractivity contribution in [1.29, 1.82) is 0 Å². The van der Waals surface area contributed by atoms with Crippen LogP contribution in [0.3, 0.4) is 0 Å². The lowest BCUT2D eigenvalue weighted by molar-refractivity contribution is 0.986. The molecule has 0 amide bonds. The molecule has 0 unspecified atom stereocenters. The van der Waals surface area contributed by atoms with Gasteiger partial charge in [-0.25, -0.2) is 9.97 Å². The lowest BCUT2D eigenvalue weighted by atomic mass is 10.2. The van der Waals surface area contributed by atoms with Gasteiger partial charge in [0.2, 0.25) is 5.28 Å². The first-order valence-corrected chi connectivity index (χ1v) is 6.73. The van der Waals surface area contributed by atoms with E-state index in [1.165, 1.54) is 11.1 Å². The molecule has 0 bridgehead atoms. The van der Waals surface area contributed by atoms with Crippen molar-refractivity contribution in [3.05, 3.63) is 59.3 Å². The quantitative estimate of drug-likeness (QED) is 0.576. The van der Waals surface area contributed by atoms with E-state index in [0.717, 1.165) is 18.4 Å². The number of fused-ring (bicyclic) bond motifs is 1. The lowest BCUT2D eigenvalue weighted by Gasteiger charge is -1.91. The summed E-state index contributed by atoms with van der Waals surface area (Å²) >= 11 is 5.70. The topological polar surface area (TPSA) is 41.6 Å². The van der Waals surface area contributed by atoms with Gasteiger partial charge >= 0.3 is 0 Å². The zero-order valence-corrected chi connectivity index (χ0v) is 11.5. The Hall–Kier alpha value is -2.31. The third kappa shape index (κ3) is 2.98. The molecular weight excluding hydrogens is 270 g/mol. The number of benzene rings is 1. The van der Waals surface area contributed by atoms with Crippen LogP contribution in [0, 0.1) is 11.8 Å². The monoisotopic (exact) mass is 281 g/mol. The van der Waals surface area contributed by atoms with Crippen molar-refractivity contribution in [2.75, 3.05) is 0 Å². The van der Waals surface area contributed by atoms with Crippen LogP contribution in [0.15, 0.2) is 42.6 Å². The fourth-order valence-electron chi connectivity index (χ4n) is 2.02. The van der Waals surface area contributed by atoms with E-state index in [4.69, 9.17) is 11.6 Å². The molecule has 0 fully saturated rings. The molecule has 0 aliphatic heterocycles. The predicted octanol–water partition coefficient (Wildman–Crippen LogP) is 3.60. The van der Waals surface area contributed by atoms with Gasteiger partial charge in [-0.05, 0) is 47.5 Å². The minimum absolute atomic E-state index is 0.229. The minimum Gasteiger partial charge on any atom is -0.358 e. The summed E-state index contributed by atoms with van der Waals surface area (Å²) in [6.45, 7) is 0. The maximum absolute atomic E-state index is 5.70. The number of hydrogen-bond donors (Lipinski definition) is 1. The number of aromatic amines is 1. The van der Waals surface area contributed by atoms with Gasteiger partial charge in [-0.2, -0.15) is 0 Å². The molecular formula is C16H12ClN3. The average Bonchev–Trinajstić information content (AvgIpc) is 2.86. The summed E-state index contributed by atoms with van der Waals surface area (Å²) in [6, 6.07) is 12.2. The van der Waals surface area contributed by atoms with Gasteiger partial charge in [0.05, 0.1) is 0 Å². The Bertz CT molecular complexity index is 763. The van der Waals surface area contributed by atoms with Crippen LogP contribution >= 0.6 is 11.6 Å². The van der Waals surface area contributed by atoms with Crippen LogP contribution in [0.2, 0.25) is 5.28 Å². The van der Waals surface area contributed by atoms with Crippen LogP contribution in [0.5, 0.6) is 0 Å². The Morgan fingerprint density at radius 3 is 2.95 bits per heavy atom. The molecule has 0 aliphatic carbocycles.